The van der Waals surface area contributed by atoms with E-state index in [-0.39, 0.29) is 11.3 Å². The summed E-state index contributed by atoms with van der Waals surface area (Å²) in [6.45, 7) is 4.59. The SMILES string of the molecule is Cc1cc(C)nc(N2CCC(Cl)C2=O)c1. The number of carbonyl (C=O) groups is 1. The molecule has 1 aliphatic heterocycles. The summed E-state index contributed by atoms with van der Waals surface area (Å²) in [6, 6.07) is 3.90. The van der Waals surface area contributed by atoms with E-state index in [9.17, 15) is 4.79 Å². The molecular weight excluding hydrogens is 212 g/mol. The molecular formula is C11H13ClN2O. The first kappa shape index (κ1) is 10.4. The Morgan fingerprint density at radius 2 is 2.20 bits per heavy atom. The zero-order valence-electron chi connectivity index (χ0n) is 8.83. The quantitative estimate of drug-likeness (QED) is 0.684. The highest BCUT2D eigenvalue weighted by Crippen LogP contribution is 2.23. The maximum Gasteiger partial charge on any atom is 0.246 e. The fraction of sp³-hybridized carbons (Fsp3) is 0.455. The van der Waals surface area contributed by atoms with E-state index in [2.05, 4.69) is 4.98 Å². The van der Waals surface area contributed by atoms with Gasteiger partial charge in [0.1, 0.15) is 11.2 Å². The molecule has 1 fully saturated rings. The molecule has 1 unspecified atom stereocenters. The molecule has 0 bridgehead atoms. The van der Waals surface area contributed by atoms with E-state index in [1.54, 1.807) is 4.90 Å². The number of nitrogens with zero attached hydrogens (tertiary/aromatic N) is 2. The van der Waals surface area contributed by atoms with Crippen molar-refractivity contribution in [3.8, 4) is 0 Å². The van der Waals surface area contributed by atoms with Crippen molar-refractivity contribution in [1.82, 2.24) is 4.98 Å². The maximum absolute atomic E-state index is 11.7. The molecule has 0 N–H and O–H groups in total. The molecule has 80 valence electrons. The fourth-order valence-electron chi connectivity index (χ4n) is 1.83. The Morgan fingerprint density at radius 3 is 2.73 bits per heavy atom. The lowest BCUT2D eigenvalue weighted by Gasteiger charge is -2.15. The summed E-state index contributed by atoms with van der Waals surface area (Å²) in [5.74, 6) is 0.690. The predicted octanol–water partition coefficient (Wildman–Crippen LogP) is 2.04. The van der Waals surface area contributed by atoms with Crippen LogP contribution in [0.15, 0.2) is 12.1 Å². The molecule has 15 heavy (non-hydrogen) atoms. The van der Waals surface area contributed by atoms with E-state index < -0.39 is 0 Å². The fourth-order valence-corrected chi connectivity index (χ4v) is 2.05. The number of hydrogen-bond acceptors (Lipinski definition) is 2. The minimum Gasteiger partial charge on any atom is -0.295 e. The predicted molar refractivity (Wildman–Crippen MR) is 60.3 cm³/mol. The van der Waals surface area contributed by atoms with Gasteiger partial charge in [-0.05, 0) is 38.0 Å². The van der Waals surface area contributed by atoms with Crippen LogP contribution in [0.25, 0.3) is 0 Å². The highest BCUT2D eigenvalue weighted by Gasteiger charge is 2.31. The maximum atomic E-state index is 11.7. The monoisotopic (exact) mass is 224 g/mol. The van der Waals surface area contributed by atoms with Gasteiger partial charge in [-0.15, -0.1) is 11.6 Å². The average Bonchev–Trinajstić information content (AvgIpc) is 2.46. The number of halogens is 1. The third-order valence-electron chi connectivity index (χ3n) is 2.50. The lowest BCUT2D eigenvalue weighted by atomic mass is 10.2. The van der Waals surface area contributed by atoms with Crippen molar-refractivity contribution in [3.05, 3.63) is 23.4 Å². The number of carbonyl (C=O) groups excluding carboxylic acids is 1. The Morgan fingerprint density at radius 1 is 1.47 bits per heavy atom. The van der Waals surface area contributed by atoms with E-state index in [0.717, 1.165) is 17.1 Å². The Kier molecular flexibility index (Phi) is 2.65. The molecule has 0 aromatic carbocycles. The minimum atomic E-state index is -0.382. The third kappa shape index (κ3) is 1.97. The van der Waals surface area contributed by atoms with E-state index in [1.807, 2.05) is 26.0 Å². The van der Waals surface area contributed by atoms with Crippen molar-refractivity contribution in [2.75, 3.05) is 11.4 Å². The van der Waals surface area contributed by atoms with Crippen LogP contribution >= 0.6 is 11.6 Å². The highest BCUT2D eigenvalue weighted by molar-refractivity contribution is 6.33. The Labute approximate surface area is 94.1 Å². The van der Waals surface area contributed by atoms with Gasteiger partial charge in [0.05, 0.1) is 0 Å². The molecule has 1 atom stereocenters. The molecule has 1 aliphatic rings. The normalized spacial score (nSPS) is 21.1. The van der Waals surface area contributed by atoms with Gasteiger partial charge in [-0.1, -0.05) is 0 Å². The first-order chi connectivity index (χ1) is 7.08. The standard InChI is InChI=1S/C11H13ClN2O/c1-7-5-8(2)13-10(6-7)14-4-3-9(12)11(14)15/h5-6,9H,3-4H2,1-2H3. The van der Waals surface area contributed by atoms with Gasteiger partial charge in [0.25, 0.3) is 0 Å². The number of anilines is 1. The Bertz CT molecular complexity index is 385. The molecule has 0 radical (unpaired) electrons. The molecule has 0 aliphatic carbocycles. The number of hydrogen-bond donors (Lipinski definition) is 0. The van der Waals surface area contributed by atoms with Crippen molar-refractivity contribution in [1.29, 1.82) is 0 Å². The van der Waals surface area contributed by atoms with E-state index in [4.69, 9.17) is 11.6 Å². The molecule has 1 saturated heterocycles. The number of alkyl halides is 1. The van der Waals surface area contributed by atoms with Gasteiger partial charge in [0.2, 0.25) is 5.91 Å². The second-order valence-corrected chi connectivity index (χ2v) is 4.42. The summed E-state index contributed by atoms with van der Waals surface area (Å²) in [4.78, 5) is 17.7. The van der Waals surface area contributed by atoms with Gasteiger partial charge < -0.3 is 0 Å². The van der Waals surface area contributed by atoms with Gasteiger partial charge in [-0.3, -0.25) is 9.69 Å². The van der Waals surface area contributed by atoms with Crippen LogP contribution in [-0.2, 0) is 4.79 Å². The molecule has 2 heterocycles. The van der Waals surface area contributed by atoms with Crippen LogP contribution in [0.1, 0.15) is 17.7 Å². The van der Waals surface area contributed by atoms with Crippen LogP contribution in [0.4, 0.5) is 5.82 Å². The molecule has 1 amide bonds. The molecule has 4 heteroatoms. The van der Waals surface area contributed by atoms with E-state index in [0.29, 0.717) is 13.0 Å². The molecule has 2 rings (SSSR count). The molecule has 3 nitrogen and oxygen atoms in total. The van der Waals surface area contributed by atoms with Crippen molar-refractivity contribution in [3.63, 3.8) is 0 Å². The average molecular weight is 225 g/mol. The van der Waals surface area contributed by atoms with Crippen molar-refractivity contribution >= 4 is 23.3 Å². The second-order valence-electron chi connectivity index (χ2n) is 3.89. The molecule has 1 aromatic heterocycles. The van der Waals surface area contributed by atoms with Crippen LogP contribution in [0, 0.1) is 13.8 Å². The highest BCUT2D eigenvalue weighted by atomic mass is 35.5. The number of pyridine rings is 1. The molecule has 0 spiro atoms. The minimum absolute atomic E-state index is 0.0332. The van der Waals surface area contributed by atoms with Crippen LogP contribution in [0.3, 0.4) is 0 Å². The summed E-state index contributed by atoms with van der Waals surface area (Å²) >= 11 is 5.87. The number of aromatic nitrogens is 1. The lowest BCUT2D eigenvalue weighted by Crippen LogP contribution is -2.28. The third-order valence-corrected chi connectivity index (χ3v) is 2.91. The van der Waals surface area contributed by atoms with E-state index >= 15 is 0 Å². The van der Waals surface area contributed by atoms with Gasteiger partial charge in [0, 0.05) is 12.2 Å². The first-order valence-electron chi connectivity index (χ1n) is 4.98. The zero-order valence-corrected chi connectivity index (χ0v) is 9.58. The lowest BCUT2D eigenvalue weighted by molar-refractivity contribution is -0.116. The van der Waals surface area contributed by atoms with E-state index in [1.165, 1.54) is 0 Å². The molecule has 0 saturated carbocycles. The van der Waals surface area contributed by atoms with Crippen molar-refractivity contribution in [2.24, 2.45) is 0 Å². The van der Waals surface area contributed by atoms with Crippen LogP contribution in [-0.4, -0.2) is 22.8 Å². The number of aryl methyl sites for hydroxylation is 2. The largest absolute Gasteiger partial charge is 0.295 e. The summed E-state index contributed by atoms with van der Waals surface area (Å²) < 4.78 is 0. The second kappa shape index (κ2) is 3.81. The summed E-state index contributed by atoms with van der Waals surface area (Å²) in [6.07, 6.45) is 0.703. The van der Waals surface area contributed by atoms with Gasteiger partial charge in [-0.25, -0.2) is 4.98 Å². The van der Waals surface area contributed by atoms with Gasteiger partial charge in [-0.2, -0.15) is 0 Å². The van der Waals surface area contributed by atoms with Gasteiger partial charge in [0.15, 0.2) is 0 Å². The van der Waals surface area contributed by atoms with Crippen molar-refractivity contribution in [2.45, 2.75) is 25.6 Å². The summed E-state index contributed by atoms with van der Waals surface area (Å²) in [5, 5.41) is -0.382. The van der Waals surface area contributed by atoms with Crippen LogP contribution in [0.5, 0.6) is 0 Å². The molecule has 1 aromatic rings. The first-order valence-corrected chi connectivity index (χ1v) is 5.42. The zero-order chi connectivity index (χ0) is 11.0. The summed E-state index contributed by atoms with van der Waals surface area (Å²) in [7, 11) is 0. The number of amides is 1. The van der Waals surface area contributed by atoms with Crippen molar-refractivity contribution < 1.29 is 4.79 Å². The smallest absolute Gasteiger partial charge is 0.246 e. The van der Waals surface area contributed by atoms with Crippen LogP contribution < -0.4 is 4.90 Å². The Hall–Kier alpha value is -1.09. The van der Waals surface area contributed by atoms with Gasteiger partial charge >= 0.3 is 0 Å². The van der Waals surface area contributed by atoms with Crippen LogP contribution in [0.2, 0.25) is 0 Å². The Balaban J connectivity index is 2.34. The number of rotatable bonds is 1. The topological polar surface area (TPSA) is 33.2 Å². The summed E-state index contributed by atoms with van der Waals surface area (Å²) in [5.41, 5.74) is 2.04.